The van der Waals surface area contributed by atoms with E-state index in [4.69, 9.17) is 4.74 Å². The van der Waals surface area contributed by atoms with E-state index in [9.17, 15) is 4.39 Å². The molecule has 2 rings (SSSR count). The number of ether oxygens (including phenoxy) is 1. The number of hydrogen-bond donors (Lipinski definition) is 0. The second-order valence-corrected chi connectivity index (χ2v) is 10.5. The Morgan fingerprint density at radius 3 is 2.16 bits per heavy atom. The third-order valence-corrected chi connectivity index (χ3v) is 5.49. The van der Waals surface area contributed by atoms with Gasteiger partial charge in [-0.15, -0.1) is 0 Å². The number of rotatable bonds is 4. The molecule has 0 heterocycles. The van der Waals surface area contributed by atoms with E-state index in [0.29, 0.717) is 11.7 Å². The first-order valence-electron chi connectivity index (χ1n) is 9.88. The molecule has 0 aromatic heterocycles. The Morgan fingerprint density at radius 2 is 1.64 bits per heavy atom. The summed E-state index contributed by atoms with van der Waals surface area (Å²) in [6.45, 7) is 15.8. The highest BCUT2D eigenvalue weighted by Crippen LogP contribution is 2.44. The molecule has 1 aliphatic rings. The van der Waals surface area contributed by atoms with E-state index >= 15 is 0 Å². The molecule has 2 heteroatoms. The molecule has 0 amide bonds. The first kappa shape index (κ1) is 20.3. The Labute approximate surface area is 154 Å². The molecule has 1 atom stereocenters. The fourth-order valence-electron chi connectivity index (χ4n) is 4.02. The molecule has 0 saturated heterocycles. The van der Waals surface area contributed by atoms with Crippen LogP contribution in [0.2, 0.25) is 0 Å². The van der Waals surface area contributed by atoms with Gasteiger partial charge in [-0.3, -0.25) is 0 Å². The van der Waals surface area contributed by atoms with Gasteiger partial charge in [-0.25, -0.2) is 4.39 Å². The zero-order chi connectivity index (χ0) is 18.9. The SMILES string of the molecule is CC(C)(C)CC(c1ccc(F)c(OC2(C)CCCCC2)c1)C(C)(C)C. The monoisotopic (exact) mass is 348 g/mol. The Morgan fingerprint density at radius 1 is 1.04 bits per heavy atom. The smallest absolute Gasteiger partial charge is 0.165 e. The molecule has 1 aliphatic carbocycles. The van der Waals surface area contributed by atoms with Crippen molar-refractivity contribution in [2.24, 2.45) is 10.8 Å². The van der Waals surface area contributed by atoms with Crippen LogP contribution >= 0.6 is 0 Å². The quantitative estimate of drug-likeness (QED) is 0.547. The van der Waals surface area contributed by atoms with Gasteiger partial charge in [0.15, 0.2) is 11.6 Å². The second-order valence-electron chi connectivity index (χ2n) is 10.5. The molecule has 0 spiro atoms. The van der Waals surface area contributed by atoms with Crippen molar-refractivity contribution in [3.63, 3.8) is 0 Å². The first-order chi connectivity index (χ1) is 11.4. The number of halogens is 1. The predicted molar refractivity (Wildman–Crippen MR) is 105 cm³/mol. The second kappa shape index (κ2) is 7.29. The van der Waals surface area contributed by atoms with Crippen LogP contribution in [0.25, 0.3) is 0 Å². The third kappa shape index (κ3) is 5.72. The summed E-state index contributed by atoms with van der Waals surface area (Å²) < 4.78 is 20.7. The van der Waals surface area contributed by atoms with Crippen LogP contribution in [-0.2, 0) is 0 Å². The summed E-state index contributed by atoms with van der Waals surface area (Å²) in [6, 6.07) is 5.52. The van der Waals surface area contributed by atoms with Crippen LogP contribution in [0.3, 0.4) is 0 Å². The van der Waals surface area contributed by atoms with Crippen molar-refractivity contribution in [1.82, 2.24) is 0 Å². The fraction of sp³-hybridized carbons (Fsp3) is 0.739. The average Bonchev–Trinajstić information content (AvgIpc) is 2.46. The molecule has 1 aromatic carbocycles. The summed E-state index contributed by atoms with van der Waals surface area (Å²) in [4.78, 5) is 0. The Hall–Kier alpha value is -1.05. The summed E-state index contributed by atoms with van der Waals surface area (Å²) in [6.07, 6.45) is 6.71. The summed E-state index contributed by atoms with van der Waals surface area (Å²) in [5.41, 5.74) is 1.32. The molecular weight excluding hydrogens is 311 g/mol. The van der Waals surface area contributed by atoms with Crippen LogP contribution in [0.5, 0.6) is 5.75 Å². The summed E-state index contributed by atoms with van der Waals surface area (Å²) in [5.74, 6) is 0.568. The standard InChI is InChI=1S/C23H37FO/c1-21(2,3)16-18(22(4,5)6)17-11-12-19(24)20(15-17)25-23(7)13-9-8-10-14-23/h11-12,15,18H,8-10,13-14,16H2,1-7H3. The van der Waals surface area contributed by atoms with Crippen molar-refractivity contribution in [1.29, 1.82) is 0 Å². The van der Waals surface area contributed by atoms with Gasteiger partial charge in [-0.1, -0.05) is 54.0 Å². The molecule has 25 heavy (non-hydrogen) atoms. The maximum atomic E-state index is 14.5. The van der Waals surface area contributed by atoms with E-state index < -0.39 is 0 Å². The molecule has 1 unspecified atom stereocenters. The zero-order valence-electron chi connectivity index (χ0n) is 17.3. The van der Waals surface area contributed by atoms with Gasteiger partial charge in [0.25, 0.3) is 0 Å². The maximum Gasteiger partial charge on any atom is 0.165 e. The normalized spacial score (nSPS) is 19.5. The van der Waals surface area contributed by atoms with Gasteiger partial charge < -0.3 is 4.74 Å². The van der Waals surface area contributed by atoms with Gasteiger partial charge in [0.05, 0.1) is 0 Å². The minimum atomic E-state index is -0.237. The lowest BCUT2D eigenvalue weighted by atomic mass is 9.69. The molecule has 1 nitrogen and oxygen atoms in total. The Kier molecular flexibility index (Phi) is 5.91. The van der Waals surface area contributed by atoms with Gasteiger partial charge in [-0.2, -0.15) is 0 Å². The van der Waals surface area contributed by atoms with Crippen molar-refractivity contribution in [2.75, 3.05) is 0 Å². The Bertz CT molecular complexity index is 571. The van der Waals surface area contributed by atoms with Gasteiger partial charge in [0.2, 0.25) is 0 Å². The molecule has 1 aromatic rings. The largest absolute Gasteiger partial charge is 0.484 e. The summed E-state index contributed by atoms with van der Waals surface area (Å²) in [5, 5.41) is 0. The average molecular weight is 349 g/mol. The predicted octanol–water partition coefficient (Wildman–Crippen LogP) is 7.49. The van der Waals surface area contributed by atoms with E-state index in [0.717, 1.165) is 19.3 Å². The number of hydrogen-bond acceptors (Lipinski definition) is 1. The third-order valence-electron chi connectivity index (χ3n) is 5.49. The minimum absolute atomic E-state index is 0.122. The topological polar surface area (TPSA) is 9.23 Å². The van der Waals surface area contributed by atoms with Crippen molar-refractivity contribution in [2.45, 2.75) is 98.5 Å². The van der Waals surface area contributed by atoms with E-state index in [-0.39, 0.29) is 22.2 Å². The molecule has 0 aliphatic heterocycles. The number of benzene rings is 1. The lowest BCUT2D eigenvalue weighted by molar-refractivity contribution is 0.0445. The summed E-state index contributed by atoms with van der Waals surface area (Å²) in [7, 11) is 0. The molecule has 1 saturated carbocycles. The van der Waals surface area contributed by atoms with E-state index in [1.165, 1.54) is 24.8 Å². The fourth-order valence-corrected chi connectivity index (χ4v) is 4.02. The van der Waals surface area contributed by atoms with Crippen molar-refractivity contribution in [3.05, 3.63) is 29.6 Å². The van der Waals surface area contributed by atoms with Crippen LogP contribution < -0.4 is 4.74 Å². The zero-order valence-corrected chi connectivity index (χ0v) is 17.3. The van der Waals surface area contributed by atoms with E-state index in [1.807, 2.05) is 12.1 Å². The lowest BCUT2D eigenvalue weighted by Crippen LogP contribution is -2.35. The highest BCUT2D eigenvalue weighted by Gasteiger charge is 2.33. The molecule has 1 fully saturated rings. The minimum Gasteiger partial charge on any atom is -0.484 e. The van der Waals surface area contributed by atoms with Gasteiger partial charge in [0.1, 0.15) is 5.60 Å². The van der Waals surface area contributed by atoms with Gasteiger partial charge in [0, 0.05) is 0 Å². The van der Waals surface area contributed by atoms with E-state index in [2.05, 4.69) is 48.5 Å². The van der Waals surface area contributed by atoms with Crippen molar-refractivity contribution < 1.29 is 9.13 Å². The van der Waals surface area contributed by atoms with Crippen LogP contribution in [0.15, 0.2) is 18.2 Å². The maximum absolute atomic E-state index is 14.5. The van der Waals surface area contributed by atoms with E-state index in [1.54, 1.807) is 6.07 Å². The van der Waals surface area contributed by atoms with Gasteiger partial charge >= 0.3 is 0 Å². The molecule has 142 valence electrons. The molecule has 0 radical (unpaired) electrons. The molecular formula is C23H37FO. The summed E-state index contributed by atoms with van der Waals surface area (Å²) >= 11 is 0. The highest BCUT2D eigenvalue weighted by molar-refractivity contribution is 5.34. The highest BCUT2D eigenvalue weighted by atomic mass is 19.1. The first-order valence-corrected chi connectivity index (χ1v) is 9.88. The van der Waals surface area contributed by atoms with Crippen molar-refractivity contribution >= 4 is 0 Å². The molecule has 0 bridgehead atoms. The lowest BCUT2D eigenvalue weighted by Gasteiger charge is -2.37. The van der Waals surface area contributed by atoms with Crippen LogP contribution in [0.1, 0.15) is 98.5 Å². The van der Waals surface area contributed by atoms with Crippen LogP contribution in [0, 0.1) is 16.6 Å². The van der Waals surface area contributed by atoms with Gasteiger partial charge in [-0.05, 0) is 73.5 Å². The molecule has 0 N–H and O–H groups in total. The van der Waals surface area contributed by atoms with Crippen molar-refractivity contribution in [3.8, 4) is 5.75 Å². The van der Waals surface area contributed by atoms with Crippen LogP contribution in [0.4, 0.5) is 4.39 Å². The van der Waals surface area contributed by atoms with Crippen LogP contribution in [-0.4, -0.2) is 5.60 Å². The Balaban J connectivity index is 2.32.